The molecule has 0 spiro atoms. The maximum Gasteiger partial charge on any atom is 0.346 e. The Morgan fingerprint density at radius 1 is 1.12 bits per heavy atom. The van der Waals surface area contributed by atoms with Crippen molar-refractivity contribution in [1.82, 2.24) is 24.6 Å². The quantitative estimate of drug-likeness (QED) is 0.617. The summed E-state index contributed by atoms with van der Waals surface area (Å²) in [6.45, 7) is 1.77. The van der Waals surface area contributed by atoms with Crippen molar-refractivity contribution in [3.8, 4) is 11.4 Å². The third-order valence-corrected chi connectivity index (χ3v) is 6.42. The van der Waals surface area contributed by atoms with Crippen LogP contribution in [0.15, 0.2) is 59.7 Å². The number of benzene rings is 1. The Hall–Kier alpha value is -3.26. The van der Waals surface area contributed by atoms with E-state index in [1.807, 2.05) is 42.5 Å². The van der Waals surface area contributed by atoms with E-state index >= 15 is 0 Å². The van der Waals surface area contributed by atoms with Gasteiger partial charge in [0.15, 0.2) is 5.82 Å². The molecule has 1 aliphatic carbocycles. The van der Waals surface area contributed by atoms with Crippen LogP contribution in [-0.2, 0) is 21.5 Å². The zero-order valence-electron chi connectivity index (χ0n) is 17.9. The molecule has 1 aromatic carbocycles. The monoisotopic (exact) mass is 433 g/mol. The van der Waals surface area contributed by atoms with Crippen LogP contribution >= 0.6 is 0 Å². The maximum absolute atomic E-state index is 13.3. The molecule has 166 valence electrons. The third kappa shape index (κ3) is 3.86. The summed E-state index contributed by atoms with van der Waals surface area (Å²) in [4.78, 5) is 30.5. The zero-order chi connectivity index (χ0) is 22.0. The molecular weight excluding hydrogens is 406 g/mol. The van der Waals surface area contributed by atoms with E-state index < -0.39 is 5.41 Å². The smallest absolute Gasteiger partial charge is 0.346 e. The Balaban J connectivity index is 1.33. The predicted octanol–water partition coefficient (Wildman–Crippen LogP) is 2.31. The number of rotatable bonds is 7. The first-order valence-electron chi connectivity index (χ1n) is 11.2. The van der Waals surface area contributed by atoms with E-state index in [1.54, 1.807) is 17.0 Å². The van der Waals surface area contributed by atoms with Gasteiger partial charge in [0.2, 0.25) is 5.91 Å². The van der Waals surface area contributed by atoms with Crippen molar-refractivity contribution in [3.05, 3.63) is 70.9 Å². The van der Waals surface area contributed by atoms with E-state index in [2.05, 4.69) is 15.4 Å². The summed E-state index contributed by atoms with van der Waals surface area (Å²) < 4.78 is 8.75. The van der Waals surface area contributed by atoms with E-state index in [1.165, 1.54) is 4.68 Å². The van der Waals surface area contributed by atoms with Crippen molar-refractivity contribution in [2.45, 2.75) is 43.7 Å². The van der Waals surface area contributed by atoms with E-state index in [0.29, 0.717) is 45.0 Å². The van der Waals surface area contributed by atoms with Gasteiger partial charge in [-0.3, -0.25) is 14.3 Å². The fraction of sp³-hybridized carbons (Fsp3) is 0.417. The van der Waals surface area contributed by atoms with Crippen molar-refractivity contribution < 1.29 is 9.53 Å². The van der Waals surface area contributed by atoms with Gasteiger partial charge in [0, 0.05) is 43.8 Å². The number of amides is 1. The largest absolute Gasteiger partial charge is 0.381 e. The van der Waals surface area contributed by atoms with Crippen LogP contribution < -0.4 is 11.0 Å². The summed E-state index contributed by atoms with van der Waals surface area (Å²) >= 11 is 0. The zero-order valence-corrected chi connectivity index (χ0v) is 17.9. The highest BCUT2D eigenvalue weighted by molar-refractivity contribution is 5.88. The second-order valence-corrected chi connectivity index (χ2v) is 8.49. The van der Waals surface area contributed by atoms with E-state index in [0.717, 1.165) is 24.0 Å². The van der Waals surface area contributed by atoms with Gasteiger partial charge in [-0.15, -0.1) is 5.10 Å². The van der Waals surface area contributed by atoms with Gasteiger partial charge in [-0.05, 0) is 43.4 Å². The van der Waals surface area contributed by atoms with Gasteiger partial charge in [-0.2, -0.15) is 0 Å². The van der Waals surface area contributed by atoms with Gasteiger partial charge in [0.1, 0.15) is 0 Å². The van der Waals surface area contributed by atoms with Gasteiger partial charge in [-0.25, -0.2) is 9.48 Å². The second kappa shape index (κ2) is 8.70. The molecule has 0 bridgehead atoms. The molecule has 0 unspecified atom stereocenters. The van der Waals surface area contributed by atoms with Crippen LogP contribution in [0.2, 0.25) is 0 Å². The average molecular weight is 434 g/mol. The maximum atomic E-state index is 13.3. The number of hydrogen-bond donors (Lipinski definition) is 1. The lowest BCUT2D eigenvalue weighted by Crippen LogP contribution is -2.49. The molecule has 3 heterocycles. The lowest BCUT2D eigenvalue weighted by atomic mass is 9.73. The molecule has 8 heteroatoms. The molecule has 2 aromatic heterocycles. The summed E-state index contributed by atoms with van der Waals surface area (Å²) in [5, 5.41) is 7.65. The summed E-state index contributed by atoms with van der Waals surface area (Å²) in [6.07, 6.45) is 6.68. The van der Waals surface area contributed by atoms with Crippen molar-refractivity contribution >= 4 is 5.91 Å². The standard InChI is InChI=1S/C24H27N5O3/c30-22(24(10-15-32-16-11-24)19-6-2-1-3-7-19)26-13-14-28-23(31)29(20-8-9-20)21(27-28)18-5-4-12-25-17-18/h1-7,12,17,20H,8-11,13-16H2,(H,26,30). The number of pyridine rings is 1. The molecule has 1 amide bonds. The second-order valence-electron chi connectivity index (χ2n) is 8.49. The molecule has 1 aliphatic heterocycles. The van der Waals surface area contributed by atoms with Crippen molar-refractivity contribution in [2.75, 3.05) is 19.8 Å². The molecule has 1 saturated heterocycles. The number of hydrogen-bond acceptors (Lipinski definition) is 5. The Morgan fingerprint density at radius 3 is 2.59 bits per heavy atom. The fourth-order valence-corrected chi connectivity index (χ4v) is 4.49. The Bertz CT molecular complexity index is 1130. The van der Waals surface area contributed by atoms with E-state index in [4.69, 9.17) is 4.74 Å². The SMILES string of the molecule is O=C(NCCn1nc(-c2cccnc2)n(C2CC2)c1=O)C1(c2ccccc2)CCOCC1. The molecule has 8 nitrogen and oxygen atoms in total. The Kier molecular flexibility index (Phi) is 5.61. The lowest BCUT2D eigenvalue weighted by Gasteiger charge is -2.36. The first-order valence-corrected chi connectivity index (χ1v) is 11.2. The minimum Gasteiger partial charge on any atom is -0.381 e. The molecule has 2 fully saturated rings. The predicted molar refractivity (Wildman–Crippen MR) is 119 cm³/mol. The molecule has 0 radical (unpaired) electrons. The van der Waals surface area contributed by atoms with E-state index in [9.17, 15) is 9.59 Å². The minimum atomic E-state index is -0.598. The van der Waals surface area contributed by atoms with Crippen LogP contribution in [0, 0.1) is 0 Å². The molecule has 1 saturated carbocycles. The van der Waals surface area contributed by atoms with Crippen molar-refractivity contribution in [2.24, 2.45) is 0 Å². The molecule has 3 aromatic rings. The average Bonchev–Trinajstić information content (AvgIpc) is 3.64. The highest BCUT2D eigenvalue weighted by Gasteiger charge is 2.41. The van der Waals surface area contributed by atoms with Crippen LogP contribution in [0.5, 0.6) is 0 Å². The van der Waals surface area contributed by atoms with Gasteiger partial charge >= 0.3 is 5.69 Å². The fourth-order valence-electron chi connectivity index (χ4n) is 4.49. The van der Waals surface area contributed by atoms with Crippen LogP contribution in [0.3, 0.4) is 0 Å². The normalized spacial score (nSPS) is 17.8. The minimum absolute atomic E-state index is 0.0193. The molecule has 0 atom stereocenters. The summed E-state index contributed by atoms with van der Waals surface area (Å²) in [5.74, 6) is 0.622. The first kappa shape index (κ1) is 20.6. The highest BCUT2D eigenvalue weighted by Crippen LogP contribution is 2.36. The number of carbonyl (C=O) groups excluding carboxylic acids is 1. The number of nitrogens with one attached hydrogen (secondary N) is 1. The molecule has 1 N–H and O–H groups in total. The number of ether oxygens (including phenoxy) is 1. The lowest BCUT2D eigenvalue weighted by molar-refractivity contribution is -0.130. The van der Waals surface area contributed by atoms with Gasteiger partial charge in [0.05, 0.1) is 12.0 Å². The third-order valence-electron chi connectivity index (χ3n) is 6.42. The Morgan fingerprint density at radius 2 is 1.91 bits per heavy atom. The first-order chi connectivity index (χ1) is 15.7. The summed E-state index contributed by atoms with van der Waals surface area (Å²) in [5.41, 5.74) is 1.10. The van der Waals surface area contributed by atoms with Crippen LogP contribution in [0.4, 0.5) is 0 Å². The van der Waals surface area contributed by atoms with Crippen LogP contribution in [0.25, 0.3) is 11.4 Å². The molecule has 32 heavy (non-hydrogen) atoms. The molecular formula is C24H27N5O3. The van der Waals surface area contributed by atoms with Gasteiger partial charge in [-0.1, -0.05) is 30.3 Å². The summed E-state index contributed by atoms with van der Waals surface area (Å²) in [6, 6.07) is 13.8. The number of carbonyl (C=O) groups is 1. The van der Waals surface area contributed by atoms with Crippen LogP contribution in [-0.4, -0.2) is 45.0 Å². The van der Waals surface area contributed by atoms with Crippen LogP contribution in [0.1, 0.15) is 37.3 Å². The topological polar surface area (TPSA) is 91.0 Å². The van der Waals surface area contributed by atoms with Crippen molar-refractivity contribution in [3.63, 3.8) is 0 Å². The van der Waals surface area contributed by atoms with Crippen molar-refractivity contribution in [1.29, 1.82) is 0 Å². The van der Waals surface area contributed by atoms with Gasteiger partial charge < -0.3 is 10.1 Å². The summed E-state index contributed by atoms with van der Waals surface area (Å²) in [7, 11) is 0. The number of nitrogens with zero attached hydrogens (tertiary/aromatic N) is 4. The molecule has 2 aliphatic rings. The van der Waals surface area contributed by atoms with E-state index in [-0.39, 0.29) is 17.6 Å². The Labute approximate surface area is 186 Å². The highest BCUT2D eigenvalue weighted by atomic mass is 16.5. The van der Waals surface area contributed by atoms with Gasteiger partial charge in [0.25, 0.3) is 0 Å². The number of aromatic nitrogens is 4. The molecule has 5 rings (SSSR count).